The smallest absolute Gasteiger partial charge is 0.291 e. The quantitative estimate of drug-likeness (QED) is 0.301. The minimum absolute atomic E-state index is 0.174. The van der Waals surface area contributed by atoms with Crippen LogP contribution < -0.4 is 5.32 Å². The second-order valence-corrected chi connectivity index (χ2v) is 2.10. The van der Waals surface area contributed by atoms with Crippen molar-refractivity contribution in [2.75, 3.05) is 13.1 Å². The summed E-state index contributed by atoms with van der Waals surface area (Å²) in [6, 6.07) is 0. The molecule has 1 heterocycles. The van der Waals surface area contributed by atoms with Gasteiger partial charge in [-0.15, -0.1) is 0 Å². The van der Waals surface area contributed by atoms with Gasteiger partial charge in [-0.25, -0.2) is 0 Å². The van der Waals surface area contributed by atoms with Gasteiger partial charge in [-0.1, -0.05) is 0 Å². The lowest BCUT2D eigenvalue weighted by Crippen LogP contribution is -2.68. The summed E-state index contributed by atoms with van der Waals surface area (Å²) in [6.45, 7) is -0.347. The van der Waals surface area contributed by atoms with Crippen LogP contribution in [0.15, 0.2) is 0 Å². The molecule has 1 aliphatic rings. The lowest BCUT2D eigenvalue weighted by molar-refractivity contribution is -0.802. The van der Waals surface area contributed by atoms with Crippen LogP contribution in [0.4, 0.5) is 0 Å². The van der Waals surface area contributed by atoms with Crippen molar-refractivity contribution in [2.24, 2.45) is 0 Å². The number of nitro groups is 2. The molecule has 0 aliphatic carbocycles. The molecule has 0 spiro atoms. The summed E-state index contributed by atoms with van der Waals surface area (Å²) in [5.41, 5.74) is -1.94. The highest BCUT2D eigenvalue weighted by atomic mass is 16.7. The van der Waals surface area contributed by atoms with Crippen molar-refractivity contribution in [1.29, 1.82) is 0 Å². The highest BCUT2D eigenvalue weighted by molar-refractivity contribution is 4.82. The van der Waals surface area contributed by atoms with E-state index in [0.29, 0.717) is 0 Å². The Labute approximate surface area is 55.3 Å². The first-order chi connectivity index (χ1) is 4.59. The first kappa shape index (κ1) is 6.87. The van der Waals surface area contributed by atoms with Crippen molar-refractivity contribution in [3.05, 3.63) is 20.2 Å². The van der Waals surface area contributed by atoms with Gasteiger partial charge < -0.3 is 0 Å². The average molecular weight is 147 g/mol. The molecule has 1 saturated heterocycles. The maximum atomic E-state index is 10.1. The summed E-state index contributed by atoms with van der Waals surface area (Å²) >= 11 is 0. The number of nitrogens with one attached hydrogen (secondary N) is 1. The molecule has 1 N–H and O–H groups in total. The van der Waals surface area contributed by atoms with E-state index in [4.69, 9.17) is 0 Å². The lowest BCUT2D eigenvalue weighted by Gasteiger charge is -2.24. The zero-order chi connectivity index (χ0) is 7.78. The fourth-order valence-corrected chi connectivity index (χ4v) is 0.673. The van der Waals surface area contributed by atoms with Gasteiger partial charge in [0.25, 0.3) is 0 Å². The third-order valence-electron chi connectivity index (χ3n) is 1.50. The molecule has 1 rings (SSSR count). The number of nitrogens with zero attached hydrogens (tertiary/aromatic N) is 2. The predicted molar refractivity (Wildman–Crippen MR) is 29.6 cm³/mol. The Morgan fingerprint density at radius 1 is 1.20 bits per heavy atom. The van der Waals surface area contributed by atoms with E-state index in [1.54, 1.807) is 0 Å². The molecule has 0 aromatic carbocycles. The summed E-state index contributed by atoms with van der Waals surface area (Å²) in [5.74, 6) is 0. The second kappa shape index (κ2) is 1.87. The van der Waals surface area contributed by atoms with Gasteiger partial charge in [-0.3, -0.25) is 25.5 Å². The zero-order valence-electron chi connectivity index (χ0n) is 4.94. The van der Waals surface area contributed by atoms with Crippen molar-refractivity contribution >= 4 is 0 Å². The number of rotatable bonds is 2. The van der Waals surface area contributed by atoms with Crippen LogP contribution in [-0.2, 0) is 0 Å². The Morgan fingerprint density at radius 3 is 1.60 bits per heavy atom. The standard InChI is InChI=1S/C3H5N3O4/c7-5(8)3(6(9)10)1-4-2-3/h4H,1-2H2. The molecule has 0 atom stereocenters. The second-order valence-electron chi connectivity index (χ2n) is 2.10. The lowest BCUT2D eigenvalue weighted by atomic mass is 10.1. The minimum atomic E-state index is -1.94. The normalized spacial score (nSPS) is 21.2. The third kappa shape index (κ3) is 0.637. The Morgan fingerprint density at radius 2 is 1.60 bits per heavy atom. The van der Waals surface area contributed by atoms with Crippen molar-refractivity contribution in [3.63, 3.8) is 0 Å². The molecule has 56 valence electrons. The Hall–Kier alpha value is -1.24. The minimum Gasteiger partial charge on any atom is -0.291 e. The van der Waals surface area contributed by atoms with Crippen LogP contribution in [-0.4, -0.2) is 28.6 Å². The first-order valence-electron chi connectivity index (χ1n) is 2.59. The van der Waals surface area contributed by atoms with Gasteiger partial charge >= 0.3 is 5.66 Å². The third-order valence-corrected chi connectivity index (χ3v) is 1.50. The molecule has 7 nitrogen and oxygen atoms in total. The van der Waals surface area contributed by atoms with E-state index in [0.717, 1.165) is 0 Å². The average Bonchev–Trinajstić information content (AvgIpc) is 1.57. The van der Waals surface area contributed by atoms with Crippen molar-refractivity contribution < 1.29 is 9.85 Å². The van der Waals surface area contributed by atoms with Crippen LogP contribution in [0.2, 0.25) is 0 Å². The van der Waals surface area contributed by atoms with Crippen molar-refractivity contribution in [3.8, 4) is 0 Å². The molecule has 0 unspecified atom stereocenters. The molecule has 7 heteroatoms. The molecule has 0 bridgehead atoms. The Balaban J connectivity index is 2.78. The van der Waals surface area contributed by atoms with Gasteiger partial charge in [-0.2, -0.15) is 0 Å². The van der Waals surface area contributed by atoms with Gasteiger partial charge in [0.1, 0.15) is 22.9 Å². The van der Waals surface area contributed by atoms with Crippen molar-refractivity contribution in [1.82, 2.24) is 5.32 Å². The molecule has 0 aromatic rings. The molecular formula is C3H5N3O4. The summed E-state index contributed by atoms with van der Waals surface area (Å²) in [6.07, 6.45) is 0. The molecule has 0 amide bonds. The highest BCUT2D eigenvalue weighted by Crippen LogP contribution is 2.15. The van der Waals surface area contributed by atoms with Gasteiger partial charge in [0, 0.05) is 0 Å². The molecule has 0 radical (unpaired) electrons. The van der Waals surface area contributed by atoms with Crippen LogP contribution in [0.25, 0.3) is 0 Å². The van der Waals surface area contributed by atoms with E-state index in [1.807, 2.05) is 0 Å². The van der Waals surface area contributed by atoms with Crippen LogP contribution >= 0.6 is 0 Å². The van der Waals surface area contributed by atoms with E-state index in [-0.39, 0.29) is 13.1 Å². The Kier molecular flexibility index (Phi) is 1.29. The molecule has 0 aromatic heterocycles. The van der Waals surface area contributed by atoms with E-state index < -0.39 is 15.5 Å². The van der Waals surface area contributed by atoms with Crippen LogP contribution in [0.3, 0.4) is 0 Å². The van der Waals surface area contributed by atoms with E-state index in [1.165, 1.54) is 0 Å². The predicted octanol–water partition coefficient (Wildman–Crippen LogP) is -1.16. The summed E-state index contributed by atoms with van der Waals surface area (Å²) in [7, 11) is 0. The summed E-state index contributed by atoms with van der Waals surface area (Å²) < 4.78 is 0. The van der Waals surface area contributed by atoms with E-state index in [9.17, 15) is 20.2 Å². The first-order valence-corrected chi connectivity index (χ1v) is 2.59. The zero-order valence-corrected chi connectivity index (χ0v) is 4.94. The van der Waals surface area contributed by atoms with Gasteiger partial charge in [0.15, 0.2) is 0 Å². The highest BCUT2D eigenvalue weighted by Gasteiger charge is 2.61. The van der Waals surface area contributed by atoms with E-state index >= 15 is 0 Å². The van der Waals surface area contributed by atoms with E-state index in [2.05, 4.69) is 5.32 Å². The summed E-state index contributed by atoms with van der Waals surface area (Å²) in [5, 5.41) is 22.6. The summed E-state index contributed by atoms with van der Waals surface area (Å²) in [4.78, 5) is 18.4. The number of hydrogen-bond acceptors (Lipinski definition) is 5. The largest absolute Gasteiger partial charge is 0.482 e. The van der Waals surface area contributed by atoms with Crippen LogP contribution in [0.1, 0.15) is 0 Å². The SMILES string of the molecule is O=[N+]([O-])C1([N+](=O)[O-])CNC1. The molecule has 10 heavy (non-hydrogen) atoms. The topological polar surface area (TPSA) is 98.3 Å². The van der Waals surface area contributed by atoms with Crippen LogP contribution in [0, 0.1) is 20.2 Å². The van der Waals surface area contributed by atoms with Gasteiger partial charge in [-0.05, 0) is 0 Å². The molecule has 0 saturated carbocycles. The maximum Gasteiger partial charge on any atom is 0.482 e. The molecule has 1 aliphatic heterocycles. The number of hydrogen-bond donors (Lipinski definition) is 1. The molecule has 1 fully saturated rings. The van der Waals surface area contributed by atoms with Crippen molar-refractivity contribution in [2.45, 2.75) is 5.66 Å². The van der Waals surface area contributed by atoms with Gasteiger partial charge in [0.05, 0.1) is 0 Å². The van der Waals surface area contributed by atoms with Crippen LogP contribution in [0.5, 0.6) is 0 Å². The fourth-order valence-electron chi connectivity index (χ4n) is 0.673. The Bertz CT molecular complexity index is 170. The monoisotopic (exact) mass is 147 g/mol. The maximum absolute atomic E-state index is 10.1. The fraction of sp³-hybridized carbons (Fsp3) is 1.00. The van der Waals surface area contributed by atoms with Gasteiger partial charge in [0.2, 0.25) is 0 Å². The molecular weight excluding hydrogens is 142 g/mol.